The fourth-order valence-corrected chi connectivity index (χ4v) is 3.94. The summed E-state index contributed by atoms with van der Waals surface area (Å²) in [4.78, 5) is 13.1. The molecule has 6 radical (unpaired) electrons. The van der Waals surface area contributed by atoms with Crippen molar-refractivity contribution in [1.82, 2.24) is 0 Å². The van der Waals surface area contributed by atoms with Gasteiger partial charge in [-0.15, -0.1) is 0 Å². The molecule has 1 aliphatic rings. The van der Waals surface area contributed by atoms with Gasteiger partial charge >= 0.3 is 10.1 Å². The molecule has 31 heavy (non-hydrogen) atoms. The summed E-state index contributed by atoms with van der Waals surface area (Å²) >= 11 is 0. The van der Waals surface area contributed by atoms with Crippen LogP contribution >= 0.6 is 0 Å². The molecule has 0 amide bonds. The average molecular weight is 435 g/mol. The zero-order valence-corrected chi connectivity index (χ0v) is 17.5. The number of Topliss-reactive ketones (excluding diaryl/α,β-unsaturated/α-hetero) is 1. The van der Waals surface area contributed by atoms with Gasteiger partial charge in [0.05, 0.1) is 34.5 Å². The van der Waals surface area contributed by atoms with Crippen LogP contribution < -0.4 is 15.2 Å². The van der Waals surface area contributed by atoms with Crippen LogP contribution in [0.4, 0.5) is 0 Å². The summed E-state index contributed by atoms with van der Waals surface area (Å²) in [5.74, 6) is -2.25. The summed E-state index contributed by atoms with van der Waals surface area (Å²) in [5, 5.41) is 0. The van der Waals surface area contributed by atoms with E-state index in [1.807, 2.05) is 0 Å². The number of ketones is 1. The number of ether oxygens (including phenoxy) is 3. The molecule has 2 aromatic rings. The van der Waals surface area contributed by atoms with Gasteiger partial charge in [-0.05, 0) is 11.6 Å². The van der Waals surface area contributed by atoms with Crippen LogP contribution in [-0.4, -0.2) is 52.0 Å². The van der Waals surface area contributed by atoms with Gasteiger partial charge in [0.1, 0.15) is 0 Å². The molecule has 1 heterocycles. The number of carbonyl (C=O) groups is 1. The Morgan fingerprint density at radius 3 is 2.26 bits per heavy atom. The summed E-state index contributed by atoms with van der Waals surface area (Å²) in [7, 11) is 15.7. The molecule has 8 nitrogen and oxygen atoms in total. The third-order valence-corrected chi connectivity index (χ3v) is 6.12. The van der Waals surface area contributed by atoms with Crippen molar-refractivity contribution in [3.63, 3.8) is 0 Å². The fourth-order valence-electron chi connectivity index (χ4n) is 3.00. The Balaban J connectivity index is 1.99. The summed E-state index contributed by atoms with van der Waals surface area (Å²) in [5.41, 5.74) is 3.56. The van der Waals surface area contributed by atoms with Crippen LogP contribution in [0.2, 0.25) is 0 Å². The van der Waals surface area contributed by atoms with E-state index in [0.29, 0.717) is 0 Å². The first kappa shape index (κ1) is 22.7. The van der Waals surface area contributed by atoms with E-state index in [1.165, 1.54) is 50.6 Å². The predicted molar refractivity (Wildman–Crippen MR) is 114 cm³/mol. The number of benzene rings is 2. The van der Waals surface area contributed by atoms with Gasteiger partial charge in [-0.3, -0.25) is 4.79 Å². The molecule has 12 heteroatoms. The summed E-state index contributed by atoms with van der Waals surface area (Å²) in [6, 6.07) is 12.0. The molecule has 1 atom stereocenters. The Morgan fingerprint density at radius 2 is 1.68 bits per heavy atom. The molecule has 154 valence electrons. The van der Waals surface area contributed by atoms with Gasteiger partial charge in [0.25, 0.3) is 0 Å². The third kappa shape index (κ3) is 3.65. The van der Waals surface area contributed by atoms with Gasteiger partial charge in [-0.25, -0.2) is 0 Å². The second-order valence-electron chi connectivity index (χ2n) is 6.60. The second-order valence-corrected chi connectivity index (χ2v) is 8.35. The van der Waals surface area contributed by atoms with Crippen molar-refractivity contribution in [2.75, 3.05) is 14.2 Å². The zero-order chi connectivity index (χ0) is 23.0. The Bertz CT molecular complexity index is 1150. The van der Waals surface area contributed by atoms with E-state index in [0.717, 1.165) is 0 Å². The number of nitrogens with two attached hydrogens (primary N) is 1. The number of rotatable bonds is 7. The van der Waals surface area contributed by atoms with E-state index < -0.39 is 37.6 Å². The monoisotopic (exact) mass is 435 g/mol. The van der Waals surface area contributed by atoms with Gasteiger partial charge in [0.2, 0.25) is 17.4 Å². The first-order valence-corrected chi connectivity index (χ1v) is 10.2. The molecular formula is C19H16B3NO7S. The maximum Gasteiger partial charge on any atom is 0.302 e. The molecule has 0 aliphatic carbocycles. The fraction of sp³-hybridized carbons (Fsp3) is 0.211. The number of hydrogen-bond acceptors (Lipinski definition) is 8. The van der Waals surface area contributed by atoms with E-state index >= 15 is 0 Å². The largest absolute Gasteiger partial charge is 0.493 e. The SMILES string of the molecule is [B]C([B])(c1ccccc1)S(=O)(=O)OC1=C(N)O[C@@]([B])(c2cccc(OC)c2OC)C1=O. The molecular weight excluding hydrogens is 419 g/mol. The standard InChI is InChI=1S/C19H16B3NO7S/c1-27-13-10-6-9-12(14(13)28-2)18(20)16(24)15(17(23)29-18)30-31(25,26)19(21,22)11-7-4-3-5-8-11/h3-10H,23H2,1-2H3/t18-/m0/s1. The second kappa shape index (κ2) is 7.92. The van der Waals surface area contributed by atoms with Crippen molar-refractivity contribution >= 4 is 39.4 Å². The smallest absolute Gasteiger partial charge is 0.302 e. The van der Waals surface area contributed by atoms with Crippen LogP contribution in [-0.2, 0) is 33.9 Å². The first-order chi connectivity index (χ1) is 14.5. The van der Waals surface area contributed by atoms with Crippen molar-refractivity contribution in [3.05, 3.63) is 71.3 Å². The minimum absolute atomic E-state index is 0.0222. The molecule has 0 spiro atoms. The predicted octanol–water partition coefficient (Wildman–Crippen LogP) is 0.246. The maximum absolute atomic E-state index is 13.1. The Morgan fingerprint density at radius 1 is 1.03 bits per heavy atom. The van der Waals surface area contributed by atoms with Crippen LogP contribution in [0.1, 0.15) is 11.1 Å². The Hall–Kier alpha value is -3.01. The molecule has 0 bridgehead atoms. The molecule has 0 fully saturated rings. The minimum Gasteiger partial charge on any atom is -0.493 e. The Labute approximate surface area is 184 Å². The lowest BCUT2D eigenvalue weighted by Gasteiger charge is -2.27. The van der Waals surface area contributed by atoms with E-state index in [-0.39, 0.29) is 22.6 Å². The summed E-state index contributed by atoms with van der Waals surface area (Å²) < 4.78 is 43.9. The van der Waals surface area contributed by atoms with Crippen molar-refractivity contribution in [1.29, 1.82) is 0 Å². The van der Waals surface area contributed by atoms with E-state index in [2.05, 4.69) is 0 Å². The highest BCUT2D eigenvalue weighted by atomic mass is 32.2. The highest BCUT2D eigenvalue weighted by Gasteiger charge is 2.51. The highest BCUT2D eigenvalue weighted by Crippen LogP contribution is 2.44. The number of hydrogen-bond donors (Lipinski definition) is 1. The lowest BCUT2D eigenvalue weighted by molar-refractivity contribution is -0.126. The van der Waals surface area contributed by atoms with Gasteiger partial charge in [-0.1, -0.05) is 42.5 Å². The summed E-state index contributed by atoms with van der Waals surface area (Å²) in [6.07, 6.45) is 0. The first-order valence-electron chi connectivity index (χ1n) is 8.80. The van der Waals surface area contributed by atoms with E-state index in [9.17, 15) is 13.2 Å². The van der Waals surface area contributed by atoms with E-state index in [1.54, 1.807) is 12.1 Å². The molecule has 0 unspecified atom stereocenters. The minimum atomic E-state index is -4.82. The summed E-state index contributed by atoms with van der Waals surface area (Å²) in [6.45, 7) is 0. The number of carbonyl (C=O) groups excluding carboxylic acids is 1. The molecule has 3 rings (SSSR count). The molecule has 2 aromatic carbocycles. The number of methoxy groups -OCH3 is 2. The van der Waals surface area contributed by atoms with Crippen LogP contribution in [0.3, 0.4) is 0 Å². The quantitative estimate of drug-likeness (QED) is 0.487. The average Bonchev–Trinajstić information content (AvgIpc) is 2.97. The molecule has 0 saturated carbocycles. The normalized spacial score (nSPS) is 19.1. The van der Waals surface area contributed by atoms with Gasteiger partial charge in [0.15, 0.2) is 24.8 Å². The maximum atomic E-state index is 13.1. The molecule has 1 aliphatic heterocycles. The van der Waals surface area contributed by atoms with Crippen LogP contribution in [0.5, 0.6) is 11.5 Å². The topological polar surface area (TPSA) is 114 Å². The van der Waals surface area contributed by atoms with Crippen LogP contribution in [0, 0.1) is 0 Å². The third-order valence-electron chi connectivity index (χ3n) is 4.67. The van der Waals surface area contributed by atoms with Crippen molar-refractivity contribution in [2.45, 2.75) is 10.0 Å². The van der Waals surface area contributed by atoms with Gasteiger partial charge < -0.3 is 24.1 Å². The Kier molecular flexibility index (Phi) is 5.79. The highest BCUT2D eigenvalue weighted by molar-refractivity contribution is 7.90. The lowest BCUT2D eigenvalue weighted by atomic mass is 9.65. The van der Waals surface area contributed by atoms with Crippen molar-refractivity contribution < 1.29 is 31.6 Å². The van der Waals surface area contributed by atoms with Crippen LogP contribution in [0.25, 0.3) is 0 Å². The van der Waals surface area contributed by atoms with Crippen LogP contribution in [0.15, 0.2) is 60.2 Å². The van der Waals surface area contributed by atoms with Gasteiger partial charge in [0, 0.05) is 5.56 Å². The molecule has 2 N–H and O–H groups in total. The van der Waals surface area contributed by atoms with Gasteiger partial charge in [-0.2, -0.15) is 8.42 Å². The number of para-hydroxylation sites is 1. The zero-order valence-electron chi connectivity index (χ0n) is 16.7. The van der Waals surface area contributed by atoms with Crippen molar-refractivity contribution in [3.8, 4) is 11.5 Å². The van der Waals surface area contributed by atoms with Crippen molar-refractivity contribution in [2.24, 2.45) is 5.73 Å². The molecule has 0 saturated heterocycles. The lowest BCUT2D eigenvalue weighted by Crippen LogP contribution is -2.40. The molecule has 0 aromatic heterocycles. The van der Waals surface area contributed by atoms with E-state index in [4.69, 9.17) is 47.7 Å².